The third-order valence-electron chi connectivity index (χ3n) is 2.80. The van der Waals surface area contributed by atoms with Crippen LogP contribution >= 0.6 is 11.6 Å². The molecular formula is C11H14BClO. The van der Waals surface area contributed by atoms with Gasteiger partial charge in [0.1, 0.15) is 7.85 Å². The van der Waals surface area contributed by atoms with E-state index in [9.17, 15) is 0 Å². The minimum absolute atomic E-state index is 0.289. The van der Waals surface area contributed by atoms with E-state index in [-0.39, 0.29) is 6.10 Å². The second kappa shape index (κ2) is 4.37. The van der Waals surface area contributed by atoms with Gasteiger partial charge in [0.2, 0.25) is 0 Å². The molecule has 14 heavy (non-hydrogen) atoms. The van der Waals surface area contributed by atoms with Gasteiger partial charge in [0.25, 0.3) is 0 Å². The number of hydrogen-bond donors (Lipinski definition) is 0. The summed E-state index contributed by atoms with van der Waals surface area (Å²) in [5.74, 6) is 0. The topological polar surface area (TPSA) is 9.23 Å². The summed E-state index contributed by atoms with van der Waals surface area (Å²) in [4.78, 5) is 0. The minimum atomic E-state index is 0.289. The lowest BCUT2D eigenvalue weighted by atomic mass is 9.97. The van der Waals surface area contributed by atoms with Crippen molar-refractivity contribution in [2.75, 3.05) is 0 Å². The number of hydrogen-bond acceptors (Lipinski definition) is 1. The van der Waals surface area contributed by atoms with Crippen LogP contribution in [0, 0.1) is 0 Å². The molecule has 0 bridgehead atoms. The van der Waals surface area contributed by atoms with Crippen molar-refractivity contribution >= 4 is 19.4 Å². The molecule has 0 aromatic heterocycles. The SMILES string of the molecule is BCC1CCC(c2ccc(Cl)cc2)O1. The predicted molar refractivity (Wildman–Crippen MR) is 61.7 cm³/mol. The van der Waals surface area contributed by atoms with Crippen LogP contribution in [0.2, 0.25) is 11.3 Å². The molecule has 1 nitrogen and oxygen atoms in total. The van der Waals surface area contributed by atoms with Crippen molar-refractivity contribution in [2.45, 2.75) is 31.4 Å². The van der Waals surface area contributed by atoms with Crippen LogP contribution in [0.25, 0.3) is 0 Å². The van der Waals surface area contributed by atoms with Crippen LogP contribution in [0.15, 0.2) is 24.3 Å². The van der Waals surface area contributed by atoms with Crippen molar-refractivity contribution in [1.82, 2.24) is 0 Å². The van der Waals surface area contributed by atoms with Gasteiger partial charge in [0, 0.05) is 5.02 Å². The Bertz CT molecular complexity index is 299. The molecule has 1 aliphatic rings. The number of benzene rings is 1. The van der Waals surface area contributed by atoms with Crippen LogP contribution in [0.4, 0.5) is 0 Å². The molecule has 0 spiro atoms. The summed E-state index contributed by atoms with van der Waals surface area (Å²) < 4.78 is 5.89. The number of ether oxygens (including phenoxy) is 1. The van der Waals surface area contributed by atoms with Gasteiger partial charge >= 0.3 is 0 Å². The van der Waals surface area contributed by atoms with Crippen molar-refractivity contribution in [3.8, 4) is 0 Å². The fourth-order valence-corrected chi connectivity index (χ4v) is 2.05. The summed E-state index contributed by atoms with van der Waals surface area (Å²) in [7, 11) is 2.18. The van der Waals surface area contributed by atoms with Gasteiger partial charge in [0.15, 0.2) is 0 Å². The van der Waals surface area contributed by atoms with Crippen LogP contribution in [0.5, 0.6) is 0 Å². The maximum absolute atomic E-state index is 5.89. The fraction of sp³-hybridized carbons (Fsp3) is 0.455. The first kappa shape index (κ1) is 10.1. The van der Waals surface area contributed by atoms with Gasteiger partial charge < -0.3 is 4.74 Å². The van der Waals surface area contributed by atoms with E-state index in [1.165, 1.54) is 12.0 Å². The molecular weight excluding hydrogens is 194 g/mol. The summed E-state index contributed by atoms with van der Waals surface area (Å²) in [5, 5.41) is 0.791. The Kier molecular flexibility index (Phi) is 3.14. The van der Waals surface area contributed by atoms with E-state index in [0.717, 1.165) is 17.8 Å². The van der Waals surface area contributed by atoms with Crippen LogP contribution in [-0.2, 0) is 4.74 Å². The Morgan fingerprint density at radius 2 is 2.00 bits per heavy atom. The molecule has 2 atom stereocenters. The van der Waals surface area contributed by atoms with Gasteiger partial charge in [-0.25, -0.2) is 0 Å². The molecule has 0 aliphatic carbocycles. The largest absolute Gasteiger partial charge is 0.371 e. The molecule has 2 rings (SSSR count). The molecule has 0 saturated carbocycles. The monoisotopic (exact) mass is 208 g/mol. The molecule has 0 N–H and O–H groups in total. The molecule has 1 saturated heterocycles. The van der Waals surface area contributed by atoms with Crippen molar-refractivity contribution in [1.29, 1.82) is 0 Å². The van der Waals surface area contributed by atoms with Gasteiger partial charge in [-0.15, -0.1) is 0 Å². The zero-order chi connectivity index (χ0) is 9.97. The van der Waals surface area contributed by atoms with E-state index < -0.39 is 0 Å². The molecule has 1 fully saturated rings. The normalized spacial score (nSPS) is 26.6. The minimum Gasteiger partial charge on any atom is -0.371 e. The number of rotatable bonds is 2. The zero-order valence-electron chi connectivity index (χ0n) is 8.37. The third-order valence-corrected chi connectivity index (χ3v) is 3.06. The third kappa shape index (κ3) is 2.13. The lowest BCUT2D eigenvalue weighted by Gasteiger charge is -2.12. The summed E-state index contributed by atoms with van der Waals surface area (Å²) in [6.07, 6.45) is 4.18. The first-order chi connectivity index (χ1) is 6.79. The molecule has 1 aliphatic heterocycles. The molecule has 0 radical (unpaired) electrons. The van der Waals surface area contributed by atoms with E-state index in [1.807, 2.05) is 12.1 Å². The van der Waals surface area contributed by atoms with E-state index in [4.69, 9.17) is 16.3 Å². The highest BCUT2D eigenvalue weighted by Crippen LogP contribution is 2.33. The molecule has 1 aromatic rings. The summed E-state index contributed by atoms with van der Waals surface area (Å²) in [6, 6.07) is 7.98. The molecule has 0 amide bonds. The van der Waals surface area contributed by atoms with E-state index in [1.54, 1.807) is 0 Å². The van der Waals surface area contributed by atoms with Crippen LogP contribution in [-0.4, -0.2) is 14.0 Å². The van der Waals surface area contributed by atoms with E-state index in [0.29, 0.717) is 6.10 Å². The molecule has 1 aromatic carbocycles. The van der Waals surface area contributed by atoms with Crippen molar-refractivity contribution in [3.05, 3.63) is 34.9 Å². The van der Waals surface area contributed by atoms with Crippen molar-refractivity contribution < 1.29 is 4.74 Å². The zero-order valence-corrected chi connectivity index (χ0v) is 9.13. The van der Waals surface area contributed by atoms with E-state index >= 15 is 0 Å². The summed E-state index contributed by atoms with van der Waals surface area (Å²) >= 11 is 5.83. The average molecular weight is 208 g/mol. The van der Waals surface area contributed by atoms with Gasteiger partial charge in [-0.1, -0.05) is 30.1 Å². The fourth-order valence-electron chi connectivity index (χ4n) is 1.93. The molecule has 1 heterocycles. The smallest absolute Gasteiger partial charge is 0.104 e. The van der Waals surface area contributed by atoms with Gasteiger partial charge in [-0.05, 0) is 30.5 Å². The van der Waals surface area contributed by atoms with Crippen LogP contribution in [0.3, 0.4) is 0 Å². The molecule has 2 unspecified atom stereocenters. The highest BCUT2D eigenvalue weighted by atomic mass is 35.5. The Morgan fingerprint density at radius 3 is 2.57 bits per heavy atom. The Hall–Kier alpha value is -0.465. The van der Waals surface area contributed by atoms with Gasteiger partial charge in [-0.2, -0.15) is 0 Å². The van der Waals surface area contributed by atoms with Gasteiger partial charge in [0.05, 0.1) is 12.2 Å². The highest BCUT2D eigenvalue weighted by Gasteiger charge is 2.24. The van der Waals surface area contributed by atoms with Crippen LogP contribution in [0.1, 0.15) is 24.5 Å². The first-order valence-corrected chi connectivity index (χ1v) is 5.58. The average Bonchev–Trinajstić information content (AvgIpc) is 2.67. The maximum Gasteiger partial charge on any atom is 0.104 e. The standard InChI is InChI=1S/C11H14BClO/c12-7-10-5-6-11(14-10)8-1-3-9(13)4-2-8/h1-4,10-11H,5-7,12H2. The molecule has 74 valence electrons. The summed E-state index contributed by atoms with van der Waals surface area (Å²) in [6.45, 7) is 0. The Labute approximate surface area is 90.8 Å². The maximum atomic E-state index is 5.89. The predicted octanol–water partition coefficient (Wildman–Crippen LogP) is 2.61. The second-order valence-electron chi connectivity index (χ2n) is 3.78. The van der Waals surface area contributed by atoms with E-state index in [2.05, 4.69) is 20.0 Å². The Morgan fingerprint density at radius 1 is 1.29 bits per heavy atom. The van der Waals surface area contributed by atoms with Crippen molar-refractivity contribution in [2.24, 2.45) is 0 Å². The van der Waals surface area contributed by atoms with Crippen LogP contribution < -0.4 is 0 Å². The Balaban J connectivity index is 2.06. The quantitative estimate of drug-likeness (QED) is 0.679. The molecule has 3 heteroatoms. The first-order valence-electron chi connectivity index (χ1n) is 5.20. The highest BCUT2D eigenvalue weighted by molar-refractivity contribution is 6.30. The van der Waals surface area contributed by atoms with Crippen molar-refractivity contribution in [3.63, 3.8) is 0 Å². The second-order valence-corrected chi connectivity index (χ2v) is 4.22. The summed E-state index contributed by atoms with van der Waals surface area (Å²) in [5.41, 5.74) is 1.25. The lowest BCUT2D eigenvalue weighted by molar-refractivity contribution is 0.0559. The van der Waals surface area contributed by atoms with Gasteiger partial charge in [-0.3, -0.25) is 0 Å². The lowest BCUT2D eigenvalue weighted by Crippen LogP contribution is -2.04. The number of halogens is 1.